The van der Waals surface area contributed by atoms with E-state index in [1.54, 1.807) is 0 Å². The number of aryl methyl sites for hydroxylation is 1. The van der Waals surface area contributed by atoms with Crippen LogP contribution in [0.3, 0.4) is 0 Å². The normalized spacial score (nSPS) is 22.3. The predicted molar refractivity (Wildman–Crippen MR) is 94.1 cm³/mol. The summed E-state index contributed by atoms with van der Waals surface area (Å²) in [7, 11) is 2.06. The lowest BCUT2D eigenvalue weighted by atomic mass is 9.83. The first kappa shape index (κ1) is 17.0. The van der Waals surface area contributed by atoms with E-state index in [9.17, 15) is 4.79 Å². The molecule has 0 atom stereocenters. The number of piperidine rings is 1. The van der Waals surface area contributed by atoms with Crippen LogP contribution in [0, 0.1) is 6.92 Å². The van der Waals surface area contributed by atoms with Crippen LogP contribution in [-0.2, 0) is 11.3 Å². The summed E-state index contributed by atoms with van der Waals surface area (Å²) >= 11 is 12.6. The van der Waals surface area contributed by atoms with E-state index in [1.165, 1.54) is 0 Å². The molecular weight excluding hydrogens is 333 g/mol. The highest BCUT2D eigenvalue weighted by molar-refractivity contribution is 6.42. The summed E-state index contributed by atoms with van der Waals surface area (Å²) in [6.45, 7) is 6.18. The van der Waals surface area contributed by atoms with Crippen LogP contribution < -0.4 is 5.32 Å². The molecule has 0 aromatic heterocycles. The van der Waals surface area contributed by atoms with Gasteiger partial charge in [0.2, 0.25) is 5.91 Å². The van der Waals surface area contributed by atoms with Gasteiger partial charge in [-0.2, -0.15) is 0 Å². The number of piperazine rings is 1. The van der Waals surface area contributed by atoms with E-state index in [-0.39, 0.29) is 11.4 Å². The summed E-state index contributed by atoms with van der Waals surface area (Å²) in [5.74, 6) is 0.183. The molecular formula is C17H23Cl2N3O. The third kappa shape index (κ3) is 3.10. The number of rotatable bonds is 2. The molecule has 2 fully saturated rings. The van der Waals surface area contributed by atoms with Gasteiger partial charge >= 0.3 is 0 Å². The molecule has 2 heterocycles. The fraction of sp³-hybridized carbons (Fsp3) is 0.588. The Labute approximate surface area is 147 Å². The minimum Gasteiger partial charge on any atom is -0.353 e. The van der Waals surface area contributed by atoms with Gasteiger partial charge in [-0.3, -0.25) is 14.6 Å². The van der Waals surface area contributed by atoms with Gasteiger partial charge in [-0.05, 0) is 37.9 Å². The Bertz CT molecular complexity index is 612. The highest BCUT2D eigenvalue weighted by Crippen LogP contribution is 2.33. The molecule has 1 N–H and O–H groups in total. The molecule has 2 saturated heterocycles. The Kier molecular flexibility index (Phi) is 4.88. The van der Waals surface area contributed by atoms with Gasteiger partial charge in [-0.15, -0.1) is 0 Å². The number of carbonyl (C=O) groups excluding carboxylic acids is 1. The van der Waals surface area contributed by atoms with Crippen LogP contribution in [0.15, 0.2) is 12.1 Å². The van der Waals surface area contributed by atoms with Crippen molar-refractivity contribution in [2.24, 2.45) is 0 Å². The Morgan fingerprint density at radius 1 is 1.17 bits per heavy atom. The average molecular weight is 356 g/mol. The molecule has 0 unspecified atom stereocenters. The van der Waals surface area contributed by atoms with Crippen molar-refractivity contribution in [3.8, 4) is 0 Å². The maximum atomic E-state index is 12.4. The van der Waals surface area contributed by atoms with Gasteiger partial charge in [-0.25, -0.2) is 0 Å². The Balaban J connectivity index is 1.68. The lowest BCUT2D eigenvalue weighted by Crippen LogP contribution is -2.66. The van der Waals surface area contributed by atoms with E-state index in [0.717, 1.165) is 56.7 Å². The second-order valence-corrected chi connectivity index (χ2v) is 7.41. The molecule has 1 amide bonds. The summed E-state index contributed by atoms with van der Waals surface area (Å²) in [5.41, 5.74) is 1.72. The molecule has 1 spiro atoms. The van der Waals surface area contributed by atoms with Gasteiger partial charge in [0.05, 0.1) is 10.0 Å². The largest absolute Gasteiger partial charge is 0.353 e. The summed E-state index contributed by atoms with van der Waals surface area (Å²) in [6, 6.07) is 4.06. The average Bonchev–Trinajstić information content (AvgIpc) is 2.55. The summed E-state index contributed by atoms with van der Waals surface area (Å²) in [4.78, 5) is 16.9. The van der Waals surface area contributed by atoms with E-state index in [1.807, 2.05) is 19.1 Å². The number of nitrogens with one attached hydrogen (secondary N) is 1. The second kappa shape index (κ2) is 6.60. The van der Waals surface area contributed by atoms with Crippen molar-refractivity contribution in [1.82, 2.24) is 15.1 Å². The number of likely N-dealkylation sites (N-methyl/N-ethyl adjacent to an activating group) is 1. The number of likely N-dealkylation sites (tertiary alicyclic amines) is 1. The number of benzene rings is 1. The molecule has 3 rings (SSSR count). The minimum atomic E-state index is -0.330. The molecule has 6 heteroatoms. The van der Waals surface area contributed by atoms with Crippen LogP contribution in [0.25, 0.3) is 0 Å². The molecule has 23 heavy (non-hydrogen) atoms. The standard InChI is InChI=1S/C17H23Cl2N3O/c1-12-3-4-13(15(19)14(12)18)11-22-8-5-17(6-9-22)16(23)20-7-10-21(17)2/h3-4H,5-11H2,1-2H3,(H,20,23). The van der Waals surface area contributed by atoms with E-state index in [2.05, 4.69) is 22.2 Å². The number of hydrogen-bond donors (Lipinski definition) is 1. The number of carbonyl (C=O) groups is 1. The topological polar surface area (TPSA) is 35.6 Å². The summed E-state index contributed by atoms with van der Waals surface area (Å²) in [5, 5.41) is 4.32. The van der Waals surface area contributed by atoms with Gasteiger partial charge in [0, 0.05) is 32.7 Å². The Hall–Kier alpha value is -0.810. The molecule has 4 nitrogen and oxygen atoms in total. The fourth-order valence-electron chi connectivity index (χ4n) is 3.63. The van der Waals surface area contributed by atoms with Crippen LogP contribution in [0.4, 0.5) is 0 Å². The van der Waals surface area contributed by atoms with Crippen molar-refractivity contribution in [3.63, 3.8) is 0 Å². The number of nitrogens with zero attached hydrogens (tertiary/aromatic N) is 2. The van der Waals surface area contributed by atoms with Crippen LogP contribution in [0.5, 0.6) is 0 Å². The molecule has 126 valence electrons. The van der Waals surface area contributed by atoms with Gasteiger partial charge in [0.15, 0.2) is 0 Å². The monoisotopic (exact) mass is 355 g/mol. The number of hydrogen-bond acceptors (Lipinski definition) is 3. The Morgan fingerprint density at radius 3 is 2.52 bits per heavy atom. The number of amides is 1. The highest BCUT2D eigenvalue weighted by Gasteiger charge is 2.46. The lowest BCUT2D eigenvalue weighted by Gasteiger charge is -2.48. The third-order valence-electron chi connectivity index (χ3n) is 5.32. The fourth-order valence-corrected chi connectivity index (χ4v) is 4.08. The van der Waals surface area contributed by atoms with Gasteiger partial charge in [0.1, 0.15) is 5.54 Å². The maximum Gasteiger partial charge on any atom is 0.240 e. The zero-order chi connectivity index (χ0) is 16.6. The zero-order valence-electron chi connectivity index (χ0n) is 13.7. The zero-order valence-corrected chi connectivity index (χ0v) is 15.2. The van der Waals surface area contributed by atoms with E-state index >= 15 is 0 Å². The first-order valence-corrected chi connectivity index (χ1v) is 8.85. The third-order valence-corrected chi connectivity index (χ3v) is 6.33. The quantitative estimate of drug-likeness (QED) is 0.885. The van der Waals surface area contributed by atoms with Crippen molar-refractivity contribution in [1.29, 1.82) is 0 Å². The maximum absolute atomic E-state index is 12.4. The van der Waals surface area contributed by atoms with Crippen LogP contribution in [0.2, 0.25) is 10.0 Å². The predicted octanol–water partition coefficient (Wildman–Crippen LogP) is 2.70. The van der Waals surface area contributed by atoms with E-state index < -0.39 is 0 Å². The molecule has 0 saturated carbocycles. The van der Waals surface area contributed by atoms with E-state index in [0.29, 0.717) is 10.0 Å². The van der Waals surface area contributed by atoms with Crippen molar-refractivity contribution in [2.45, 2.75) is 31.8 Å². The van der Waals surface area contributed by atoms with Crippen molar-refractivity contribution >= 4 is 29.1 Å². The highest BCUT2D eigenvalue weighted by atomic mass is 35.5. The minimum absolute atomic E-state index is 0.183. The Morgan fingerprint density at radius 2 is 1.87 bits per heavy atom. The van der Waals surface area contributed by atoms with Crippen molar-refractivity contribution in [2.75, 3.05) is 33.2 Å². The first-order valence-electron chi connectivity index (χ1n) is 8.09. The van der Waals surface area contributed by atoms with Gasteiger partial charge < -0.3 is 5.32 Å². The molecule has 2 aliphatic heterocycles. The SMILES string of the molecule is Cc1ccc(CN2CCC3(CC2)C(=O)NCCN3C)c(Cl)c1Cl. The van der Waals surface area contributed by atoms with Gasteiger partial charge in [0.25, 0.3) is 0 Å². The van der Waals surface area contributed by atoms with E-state index in [4.69, 9.17) is 23.2 Å². The van der Waals surface area contributed by atoms with Crippen molar-refractivity contribution in [3.05, 3.63) is 33.3 Å². The molecule has 2 aliphatic rings. The van der Waals surface area contributed by atoms with Crippen LogP contribution >= 0.6 is 23.2 Å². The second-order valence-electron chi connectivity index (χ2n) is 6.65. The van der Waals surface area contributed by atoms with Crippen molar-refractivity contribution < 1.29 is 4.79 Å². The molecule has 1 aromatic carbocycles. The van der Waals surface area contributed by atoms with Gasteiger partial charge in [-0.1, -0.05) is 35.3 Å². The molecule has 0 radical (unpaired) electrons. The molecule has 0 bridgehead atoms. The lowest BCUT2D eigenvalue weighted by molar-refractivity contribution is -0.140. The molecule has 1 aromatic rings. The van der Waals surface area contributed by atoms with Crippen LogP contribution in [-0.4, -0.2) is 54.5 Å². The van der Waals surface area contributed by atoms with Crippen LogP contribution in [0.1, 0.15) is 24.0 Å². The smallest absolute Gasteiger partial charge is 0.240 e. The summed E-state index contributed by atoms with van der Waals surface area (Å²) in [6.07, 6.45) is 1.71. The number of halogens is 2. The first-order chi connectivity index (χ1) is 10.9. The molecule has 0 aliphatic carbocycles. The summed E-state index contributed by atoms with van der Waals surface area (Å²) < 4.78 is 0.